The molecule has 0 saturated heterocycles. The summed E-state index contributed by atoms with van der Waals surface area (Å²) in [6.45, 7) is 0. The lowest BCUT2D eigenvalue weighted by molar-refractivity contribution is 0.465. The molecule has 0 spiro atoms. The van der Waals surface area contributed by atoms with Gasteiger partial charge in [0, 0.05) is 6.20 Å². The van der Waals surface area contributed by atoms with Gasteiger partial charge >= 0.3 is 0 Å². The van der Waals surface area contributed by atoms with Crippen LogP contribution in [-0.2, 0) is 10.0 Å². The van der Waals surface area contributed by atoms with E-state index in [0.29, 0.717) is 11.3 Å². The monoisotopic (exact) mass is 453 g/mol. The summed E-state index contributed by atoms with van der Waals surface area (Å²) in [6, 6.07) is 13.6. The fraction of sp³-hybridized carbons (Fsp3) is 0. The molecule has 28 heavy (non-hydrogen) atoms. The van der Waals surface area contributed by atoms with Crippen molar-refractivity contribution in [3.63, 3.8) is 0 Å². The molecule has 0 aliphatic carbocycles. The highest BCUT2D eigenvalue weighted by molar-refractivity contribution is 7.92. The van der Waals surface area contributed by atoms with Gasteiger partial charge in [0.05, 0.1) is 31.6 Å². The maximum atomic E-state index is 12.7. The Morgan fingerprint density at radius 1 is 1.04 bits per heavy atom. The minimum absolute atomic E-state index is 0.0148. The summed E-state index contributed by atoms with van der Waals surface area (Å²) in [7, 11) is -4.02. The van der Waals surface area contributed by atoms with Crippen molar-refractivity contribution in [2.24, 2.45) is 0 Å². The van der Waals surface area contributed by atoms with Crippen LogP contribution in [0, 0.1) is 11.3 Å². The van der Waals surface area contributed by atoms with Gasteiger partial charge in [0.25, 0.3) is 10.0 Å². The summed E-state index contributed by atoms with van der Waals surface area (Å²) in [5.74, 6) is 0.270. The van der Waals surface area contributed by atoms with Gasteiger partial charge in [-0.25, -0.2) is 13.4 Å². The normalized spacial score (nSPS) is 10.9. The van der Waals surface area contributed by atoms with E-state index in [-0.39, 0.29) is 31.5 Å². The molecule has 3 aromatic rings. The molecule has 2 aromatic carbocycles. The number of nitriles is 1. The van der Waals surface area contributed by atoms with Crippen LogP contribution in [0.3, 0.4) is 0 Å². The predicted molar refractivity (Wildman–Crippen MR) is 108 cm³/mol. The molecule has 10 heteroatoms. The Kier molecular flexibility index (Phi) is 5.96. The molecule has 0 radical (unpaired) electrons. The number of benzene rings is 2. The minimum Gasteiger partial charge on any atom is -0.437 e. The van der Waals surface area contributed by atoms with Gasteiger partial charge in [-0.3, -0.25) is 4.72 Å². The molecule has 0 aliphatic heterocycles. The summed E-state index contributed by atoms with van der Waals surface area (Å²) in [5, 5.41) is 9.51. The second-order valence-corrected chi connectivity index (χ2v) is 8.36. The van der Waals surface area contributed by atoms with Gasteiger partial charge in [0.15, 0.2) is 0 Å². The van der Waals surface area contributed by atoms with Gasteiger partial charge in [0.1, 0.15) is 11.4 Å². The Hall–Kier alpha value is -2.50. The Morgan fingerprint density at radius 3 is 2.54 bits per heavy atom. The molecule has 142 valence electrons. The first kappa shape index (κ1) is 20.2. The van der Waals surface area contributed by atoms with Crippen molar-refractivity contribution < 1.29 is 13.2 Å². The van der Waals surface area contributed by atoms with Gasteiger partial charge in [-0.1, -0.05) is 40.9 Å². The summed E-state index contributed by atoms with van der Waals surface area (Å²) in [4.78, 5) is 3.93. The third kappa shape index (κ3) is 4.66. The van der Waals surface area contributed by atoms with Crippen LogP contribution in [0.4, 0.5) is 5.69 Å². The zero-order valence-corrected chi connectivity index (χ0v) is 16.9. The lowest BCUT2D eigenvalue weighted by atomic mass is 10.2. The van der Waals surface area contributed by atoms with Crippen LogP contribution < -0.4 is 9.46 Å². The van der Waals surface area contributed by atoms with Crippen LogP contribution in [0.5, 0.6) is 11.6 Å². The van der Waals surface area contributed by atoms with Crippen LogP contribution in [0.2, 0.25) is 15.1 Å². The number of ether oxygens (including phenoxy) is 1. The van der Waals surface area contributed by atoms with E-state index in [2.05, 4.69) is 9.71 Å². The Morgan fingerprint density at radius 2 is 1.82 bits per heavy atom. The average Bonchev–Trinajstić information content (AvgIpc) is 2.66. The first-order valence-electron chi connectivity index (χ1n) is 7.60. The van der Waals surface area contributed by atoms with E-state index in [1.165, 1.54) is 36.5 Å². The highest BCUT2D eigenvalue weighted by Gasteiger charge is 2.19. The zero-order valence-electron chi connectivity index (χ0n) is 13.9. The standard InChI is InChI=1S/C18H10Cl3N3O3S/c19-12-7-17(24-28(25,26)14-4-5-15(20)16(21)8-14)18(23-10-12)27-13-3-1-2-11(6-13)9-22/h1-8,10,24H. The number of pyridine rings is 1. The Balaban J connectivity index is 1.96. The molecule has 0 unspecified atom stereocenters. The number of sulfonamides is 1. The third-order valence-corrected chi connectivity index (χ3v) is 5.75. The average molecular weight is 455 g/mol. The highest BCUT2D eigenvalue weighted by Crippen LogP contribution is 2.32. The van der Waals surface area contributed by atoms with Gasteiger partial charge < -0.3 is 4.74 Å². The number of halogens is 3. The molecule has 3 rings (SSSR count). The molecule has 0 amide bonds. The lowest BCUT2D eigenvalue weighted by Crippen LogP contribution is -2.14. The van der Waals surface area contributed by atoms with E-state index in [4.69, 9.17) is 44.8 Å². The van der Waals surface area contributed by atoms with E-state index < -0.39 is 10.0 Å². The number of hydrogen-bond acceptors (Lipinski definition) is 5. The van der Waals surface area contributed by atoms with Crippen LogP contribution in [-0.4, -0.2) is 13.4 Å². The van der Waals surface area contributed by atoms with Crippen molar-refractivity contribution in [1.82, 2.24) is 4.98 Å². The van der Waals surface area contributed by atoms with Crippen LogP contribution in [0.25, 0.3) is 0 Å². The van der Waals surface area contributed by atoms with Crippen molar-refractivity contribution in [1.29, 1.82) is 5.26 Å². The molecule has 1 aromatic heterocycles. The maximum Gasteiger partial charge on any atom is 0.262 e. The van der Waals surface area contributed by atoms with E-state index in [0.717, 1.165) is 0 Å². The van der Waals surface area contributed by atoms with Crippen molar-refractivity contribution in [2.45, 2.75) is 4.90 Å². The van der Waals surface area contributed by atoms with Crippen molar-refractivity contribution in [3.05, 3.63) is 75.4 Å². The van der Waals surface area contributed by atoms with E-state index >= 15 is 0 Å². The minimum atomic E-state index is -4.02. The molecule has 1 heterocycles. The highest BCUT2D eigenvalue weighted by atomic mass is 35.5. The number of nitrogens with zero attached hydrogens (tertiary/aromatic N) is 2. The molecule has 1 N–H and O–H groups in total. The van der Waals surface area contributed by atoms with Crippen LogP contribution >= 0.6 is 34.8 Å². The zero-order chi connectivity index (χ0) is 20.3. The summed E-state index contributed by atoms with van der Waals surface area (Å²) in [5.41, 5.74) is 0.394. The summed E-state index contributed by atoms with van der Waals surface area (Å²) in [6.07, 6.45) is 1.31. The summed E-state index contributed by atoms with van der Waals surface area (Å²) < 4.78 is 33.4. The number of anilines is 1. The quantitative estimate of drug-likeness (QED) is 0.549. The number of hydrogen-bond donors (Lipinski definition) is 1. The van der Waals surface area contributed by atoms with Crippen molar-refractivity contribution >= 4 is 50.5 Å². The fourth-order valence-electron chi connectivity index (χ4n) is 2.17. The Labute approximate surface area is 176 Å². The molecular weight excluding hydrogens is 445 g/mol. The first-order chi connectivity index (χ1) is 13.3. The van der Waals surface area contributed by atoms with Crippen molar-refractivity contribution in [3.8, 4) is 17.7 Å². The first-order valence-corrected chi connectivity index (χ1v) is 10.2. The van der Waals surface area contributed by atoms with Gasteiger partial charge in [0.2, 0.25) is 5.88 Å². The molecule has 0 bridgehead atoms. The topological polar surface area (TPSA) is 92.1 Å². The van der Waals surface area contributed by atoms with Crippen molar-refractivity contribution in [2.75, 3.05) is 4.72 Å². The Bertz CT molecular complexity index is 1190. The van der Waals surface area contributed by atoms with Gasteiger partial charge in [-0.2, -0.15) is 5.26 Å². The molecule has 0 atom stereocenters. The SMILES string of the molecule is N#Cc1cccc(Oc2ncc(Cl)cc2NS(=O)(=O)c2ccc(Cl)c(Cl)c2)c1. The largest absolute Gasteiger partial charge is 0.437 e. The maximum absolute atomic E-state index is 12.7. The lowest BCUT2D eigenvalue weighted by Gasteiger charge is -2.13. The second kappa shape index (κ2) is 8.25. The number of nitrogens with one attached hydrogen (secondary N) is 1. The third-order valence-electron chi connectivity index (χ3n) is 3.44. The molecule has 0 aliphatic rings. The fourth-order valence-corrected chi connectivity index (χ4v) is 3.76. The molecule has 0 saturated carbocycles. The van der Waals surface area contributed by atoms with Crippen LogP contribution in [0.15, 0.2) is 59.6 Å². The molecule has 0 fully saturated rings. The number of aromatic nitrogens is 1. The van der Waals surface area contributed by atoms with E-state index in [1.807, 2.05) is 6.07 Å². The predicted octanol–water partition coefficient (Wildman–Crippen LogP) is 5.51. The van der Waals surface area contributed by atoms with E-state index in [1.54, 1.807) is 18.2 Å². The summed E-state index contributed by atoms with van der Waals surface area (Å²) >= 11 is 17.7. The second-order valence-electron chi connectivity index (χ2n) is 5.43. The van der Waals surface area contributed by atoms with Crippen LogP contribution in [0.1, 0.15) is 5.56 Å². The van der Waals surface area contributed by atoms with Gasteiger partial charge in [-0.15, -0.1) is 0 Å². The molecule has 6 nitrogen and oxygen atoms in total. The molecular formula is C18H10Cl3N3O3S. The van der Waals surface area contributed by atoms with Gasteiger partial charge in [-0.05, 0) is 42.5 Å². The number of rotatable bonds is 5. The smallest absolute Gasteiger partial charge is 0.262 e. The van der Waals surface area contributed by atoms with E-state index in [9.17, 15) is 8.42 Å².